The standard InChI is InChI=1S/C15H21N5O2/c1-19(8-13-4-6-22-11-13)15(21)14-10-20(18-17-14)9-12-3-2-5-16-7-12/h4,6,10-12,16H,2-3,5,7-9H2,1H3. The van der Waals surface area contributed by atoms with Gasteiger partial charge in [0.1, 0.15) is 0 Å². The molecule has 2 aromatic heterocycles. The van der Waals surface area contributed by atoms with Gasteiger partial charge in [-0.05, 0) is 37.9 Å². The molecule has 7 nitrogen and oxygen atoms in total. The summed E-state index contributed by atoms with van der Waals surface area (Å²) in [6, 6.07) is 1.84. The molecular weight excluding hydrogens is 282 g/mol. The van der Waals surface area contributed by atoms with E-state index in [0.717, 1.165) is 25.2 Å². The zero-order chi connectivity index (χ0) is 15.4. The monoisotopic (exact) mass is 303 g/mol. The Labute approximate surface area is 129 Å². The molecule has 0 aliphatic carbocycles. The van der Waals surface area contributed by atoms with Crippen LogP contribution in [0, 0.1) is 5.92 Å². The lowest BCUT2D eigenvalue weighted by Crippen LogP contribution is -2.32. The Morgan fingerprint density at radius 2 is 2.50 bits per heavy atom. The fourth-order valence-corrected chi connectivity index (χ4v) is 2.75. The molecule has 0 saturated carbocycles. The van der Waals surface area contributed by atoms with Gasteiger partial charge in [-0.3, -0.25) is 9.48 Å². The van der Waals surface area contributed by atoms with Gasteiger partial charge in [-0.25, -0.2) is 0 Å². The van der Waals surface area contributed by atoms with Gasteiger partial charge in [0.05, 0.1) is 18.7 Å². The van der Waals surface area contributed by atoms with Crippen LogP contribution in [0.4, 0.5) is 0 Å². The lowest BCUT2D eigenvalue weighted by Gasteiger charge is -2.22. The Bertz CT molecular complexity index is 601. The molecular formula is C15H21N5O2. The summed E-state index contributed by atoms with van der Waals surface area (Å²) >= 11 is 0. The third kappa shape index (κ3) is 3.54. The van der Waals surface area contributed by atoms with Crippen LogP contribution in [-0.4, -0.2) is 45.9 Å². The van der Waals surface area contributed by atoms with Crippen molar-refractivity contribution >= 4 is 5.91 Å². The van der Waals surface area contributed by atoms with E-state index in [1.54, 1.807) is 35.4 Å². The van der Waals surface area contributed by atoms with Crippen LogP contribution in [0.2, 0.25) is 0 Å². The molecule has 1 unspecified atom stereocenters. The fraction of sp³-hybridized carbons (Fsp3) is 0.533. The first-order valence-electron chi connectivity index (χ1n) is 7.60. The molecule has 0 bridgehead atoms. The Morgan fingerprint density at radius 3 is 3.23 bits per heavy atom. The normalized spacial score (nSPS) is 18.3. The number of nitrogens with one attached hydrogen (secondary N) is 1. The number of carbonyl (C=O) groups excluding carboxylic acids is 1. The van der Waals surface area contributed by atoms with Crippen LogP contribution in [0.15, 0.2) is 29.2 Å². The summed E-state index contributed by atoms with van der Waals surface area (Å²) in [5.41, 5.74) is 1.34. The number of carbonyl (C=O) groups is 1. The highest BCUT2D eigenvalue weighted by Crippen LogP contribution is 2.12. The highest BCUT2D eigenvalue weighted by atomic mass is 16.3. The van der Waals surface area contributed by atoms with Crippen molar-refractivity contribution < 1.29 is 9.21 Å². The largest absolute Gasteiger partial charge is 0.472 e. The highest BCUT2D eigenvalue weighted by molar-refractivity contribution is 5.91. The molecule has 1 fully saturated rings. The van der Waals surface area contributed by atoms with Gasteiger partial charge in [0.15, 0.2) is 5.69 Å². The van der Waals surface area contributed by atoms with Gasteiger partial charge >= 0.3 is 0 Å². The van der Waals surface area contributed by atoms with Crippen LogP contribution >= 0.6 is 0 Å². The van der Waals surface area contributed by atoms with Gasteiger partial charge in [0.2, 0.25) is 0 Å². The zero-order valence-electron chi connectivity index (χ0n) is 12.7. The van der Waals surface area contributed by atoms with Crippen molar-refractivity contribution in [2.24, 2.45) is 5.92 Å². The topological polar surface area (TPSA) is 76.2 Å². The Kier molecular flexibility index (Phi) is 4.53. The zero-order valence-corrected chi connectivity index (χ0v) is 12.7. The second kappa shape index (κ2) is 6.74. The Hall–Kier alpha value is -2.15. The van der Waals surface area contributed by atoms with Crippen molar-refractivity contribution in [2.45, 2.75) is 25.9 Å². The number of aromatic nitrogens is 3. The molecule has 7 heteroatoms. The van der Waals surface area contributed by atoms with Crippen molar-refractivity contribution in [1.29, 1.82) is 0 Å². The minimum atomic E-state index is -0.130. The maximum Gasteiger partial charge on any atom is 0.276 e. The van der Waals surface area contributed by atoms with Crippen molar-refractivity contribution in [1.82, 2.24) is 25.2 Å². The van der Waals surface area contributed by atoms with Gasteiger partial charge in [-0.2, -0.15) is 0 Å². The van der Waals surface area contributed by atoms with Crippen LogP contribution in [0.5, 0.6) is 0 Å². The molecule has 1 atom stereocenters. The number of hydrogen-bond donors (Lipinski definition) is 1. The molecule has 3 heterocycles. The van der Waals surface area contributed by atoms with E-state index >= 15 is 0 Å². The van der Waals surface area contributed by atoms with E-state index in [9.17, 15) is 4.79 Å². The van der Waals surface area contributed by atoms with E-state index < -0.39 is 0 Å². The van der Waals surface area contributed by atoms with E-state index in [-0.39, 0.29) is 5.91 Å². The third-order valence-corrected chi connectivity index (χ3v) is 3.95. The summed E-state index contributed by atoms with van der Waals surface area (Å²) in [5, 5.41) is 11.5. The molecule has 1 aliphatic heterocycles. The number of amides is 1. The minimum Gasteiger partial charge on any atom is -0.472 e. The number of piperidine rings is 1. The maximum absolute atomic E-state index is 12.3. The van der Waals surface area contributed by atoms with Crippen molar-refractivity contribution in [3.63, 3.8) is 0 Å². The summed E-state index contributed by atoms with van der Waals surface area (Å²) in [4.78, 5) is 14.0. The average molecular weight is 303 g/mol. The molecule has 3 rings (SSSR count). The van der Waals surface area contributed by atoms with E-state index in [1.807, 2.05) is 6.07 Å². The van der Waals surface area contributed by atoms with Crippen LogP contribution in [0.1, 0.15) is 28.9 Å². The van der Waals surface area contributed by atoms with Crippen LogP contribution < -0.4 is 5.32 Å². The minimum absolute atomic E-state index is 0.130. The molecule has 0 aromatic carbocycles. The van der Waals surface area contributed by atoms with Gasteiger partial charge in [0, 0.05) is 25.7 Å². The number of nitrogens with zero attached hydrogens (tertiary/aromatic N) is 4. The van der Waals surface area contributed by atoms with Crippen LogP contribution in [-0.2, 0) is 13.1 Å². The van der Waals surface area contributed by atoms with E-state index in [4.69, 9.17) is 4.42 Å². The molecule has 1 aliphatic rings. The maximum atomic E-state index is 12.3. The number of furan rings is 1. The smallest absolute Gasteiger partial charge is 0.276 e. The van der Waals surface area contributed by atoms with Crippen molar-refractivity contribution in [3.05, 3.63) is 36.0 Å². The average Bonchev–Trinajstić information content (AvgIpc) is 3.19. The molecule has 0 radical (unpaired) electrons. The Balaban J connectivity index is 1.58. The van der Waals surface area contributed by atoms with Crippen LogP contribution in [0.25, 0.3) is 0 Å². The molecule has 22 heavy (non-hydrogen) atoms. The summed E-state index contributed by atoms with van der Waals surface area (Å²) in [6.07, 6.45) is 7.36. The summed E-state index contributed by atoms with van der Waals surface area (Å²) in [6.45, 7) is 3.40. The predicted octanol–water partition coefficient (Wildman–Crippen LogP) is 1.14. The van der Waals surface area contributed by atoms with Gasteiger partial charge < -0.3 is 14.6 Å². The van der Waals surface area contributed by atoms with Gasteiger partial charge in [-0.15, -0.1) is 5.10 Å². The van der Waals surface area contributed by atoms with Gasteiger partial charge in [-0.1, -0.05) is 5.21 Å². The molecule has 0 spiro atoms. The second-order valence-electron chi connectivity index (χ2n) is 5.83. The first-order valence-corrected chi connectivity index (χ1v) is 7.60. The van der Waals surface area contributed by atoms with E-state index in [1.165, 1.54) is 12.8 Å². The molecule has 1 saturated heterocycles. The lowest BCUT2D eigenvalue weighted by atomic mass is 10.00. The predicted molar refractivity (Wildman–Crippen MR) is 80.1 cm³/mol. The fourth-order valence-electron chi connectivity index (χ4n) is 2.75. The van der Waals surface area contributed by atoms with Crippen LogP contribution in [0.3, 0.4) is 0 Å². The van der Waals surface area contributed by atoms with Gasteiger partial charge in [0.25, 0.3) is 5.91 Å². The first kappa shape index (κ1) is 14.8. The Morgan fingerprint density at radius 1 is 1.59 bits per heavy atom. The number of rotatable bonds is 5. The molecule has 2 aromatic rings. The quantitative estimate of drug-likeness (QED) is 0.896. The molecule has 118 valence electrons. The highest BCUT2D eigenvalue weighted by Gasteiger charge is 2.18. The van der Waals surface area contributed by atoms with E-state index in [0.29, 0.717) is 18.2 Å². The van der Waals surface area contributed by atoms with Crippen molar-refractivity contribution in [3.8, 4) is 0 Å². The summed E-state index contributed by atoms with van der Waals surface area (Å²) < 4.78 is 6.79. The second-order valence-corrected chi connectivity index (χ2v) is 5.83. The first-order chi connectivity index (χ1) is 10.7. The summed E-state index contributed by atoms with van der Waals surface area (Å²) in [7, 11) is 1.75. The molecule has 1 amide bonds. The third-order valence-electron chi connectivity index (χ3n) is 3.95. The molecule has 1 N–H and O–H groups in total. The van der Waals surface area contributed by atoms with E-state index in [2.05, 4.69) is 15.6 Å². The SMILES string of the molecule is CN(Cc1ccoc1)C(=O)c1cn(CC2CCCNC2)nn1. The lowest BCUT2D eigenvalue weighted by molar-refractivity contribution is 0.0779. The van der Waals surface area contributed by atoms with Crippen molar-refractivity contribution in [2.75, 3.05) is 20.1 Å². The summed E-state index contributed by atoms with van der Waals surface area (Å²) in [5.74, 6) is 0.427. The number of hydrogen-bond acceptors (Lipinski definition) is 5.